The summed E-state index contributed by atoms with van der Waals surface area (Å²) in [5, 5.41) is 3.51. The van der Waals surface area contributed by atoms with E-state index >= 15 is 0 Å². The summed E-state index contributed by atoms with van der Waals surface area (Å²) >= 11 is 0. The van der Waals surface area contributed by atoms with Gasteiger partial charge in [-0.25, -0.2) is 4.98 Å². The van der Waals surface area contributed by atoms with E-state index in [9.17, 15) is 4.79 Å². The van der Waals surface area contributed by atoms with Gasteiger partial charge in [0.2, 0.25) is 0 Å². The van der Waals surface area contributed by atoms with E-state index in [2.05, 4.69) is 41.5 Å². The lowest BCUT2D eigenvalue weighted by molar-refractivity contribution is 0.0992. The van der Waals surface area contributed by atoms with E-state index < -0.39 is 0 Å². The fourth-order valence-electron chi connectivity index (χ4n) is 3.34. The molecule has 1 atom stereocenters. The van der Waals surface area contributed by atoms with Crippen LogP contribution in [-0.4, -0.2) is 10.9 Å². The summed E-state index contributed by atoms with van der Waals surface area (Å²) in [5.74, 6) is 0.634. The van der Waals surface area contributed by atoms with Crippen LogP contribution < -0.4 is 10.2 Å². The number of nitrogens with one attached hydrogen (secondary N) is 1. The van der Waals surface area contributed by atoms with Crippen LogP contribution >= 0.6 is 0 Å². The van der Waals surface area contributed by atoms with Crippen LogP contribution in [0.15, 0.2) is 66.9 Å². The van der Waals surface area contributed by atoms with Gasteiger partial charge in [0.1, 0.15) is 12.0 Å². The molecule has 4 heteroatoms. The quantitative estimate of drug-likeness (QED) is 0.745. The van der Waals surface area contributed by atoms with Gasteiger partial charge >= 0.3 is 0 Å². The largest absolute Gasteiger partial charge is 0.361 e. The van der Waals surface area contributed by atoms with Gasteiger partial charge < -0.3 is 5.32 Å². The van der Waals surface area contributed by atoms with Gasteiger partial charge in [-0.1, -0.05) is 37.3 Å². The first-order valence-electron chi connectivity index (χ1n) is 8.88. The summed E-state index contributed by atoms with van der Waals surface area (Å²) in [5.41, 5.74) is 5.04. The second-order valence-corrected chi connectivity index (χ2v) is 6.55. The second-order valence-electron chi connectivity index (χ2n) is 6.55. The minimum Gasteiger partial charge on any atom is -0.361 e. The molecule has 0 spiro atoms. The van der Waals surface area contributed by atoms with Gasteiger partial charge in [-0.05, 0) is 54.8 Å². The Labute approximate surface area is 153 Å². The lowest BCUT2D eigenvalue weighted by atomic mass is 10.1. The summed E-state index contributed by atoms with van der Waals surface area (Å²) in [6, 6.07) is 20.0. The molecule has 4 rings (SSSR count). The van der Waals surface area contributed by atoms with E-state index in [1.54, 1.807) is 11.1 Å². The van der Waals surface area contributed by atoms with Crippen LogP contribution in [0, 0.1) is 6.92 Å². The van der Waals surface area contributed by atoms with Crippen molar-refractivity contribution in [2.45, 2.75) is 26.4 Å². The van der Waals surface area contributed by atoms with Crippen molar-refractivity contribution in [2.75, 3.05) is 10.2 Å². The van der Waals surface area contributed by atoms with Gasteiger partial charge in [-0.15, -0.1) is 0 Å². The van der Waals surface area contributed by atoms with E-state index in [0.717, 1.165) is 28.8 Å². The molecule has 3 aromatic rings. The molecule has 0 saturated heterocycles. The molecule has 1 unspecified atom stereocenters. The Morgan fingerprint density at radius 3 is 2.58 bits per heavy atom. The van der Waals surface area contributed by atoms with Crippen LogP contribution in [0.1, 0.15) is 40.1 Å². The summed E-state index contributed by atoms with van der Waals surface area (Å²) in [7, 11) is 0. The highest BCUT2D eigenvalue weighted by Crippen LogP contribution is 2.37. The normalized spacial score (nSPS) is 15.8. The zero-order valence-corrected chi connectivity index (χ0v) is 14.9. The highest BCUT2D eigenvalue weighted by Gasteiger charge is 2.38. The molecule has 130 valence electrons. The molecule has 1 aliphatic heterocycles. The molecule has 26 heavy (non-hydrogen) atoms. The number of amides is 1. The molecular formula is C22H21N3O. The SMILES string of the molecule is CCc1ccc(NC2c3ccccc3C(=O)N2c2cc(C)ccn2)cc1. The Kier molecular flexibility index (Phi) is 4.17. The van der Waals surface area contributed by atoms with Crippen molar-refractivity contribution in [3.05, 3.63) is 89.1 Å². The van der Waals surface area contributed by atoms with Crippen molar-refractivity contribution in [1.82, 2.24) is 4.98 Å². The fourth-order valence-corrected chi connectivity index (χ4v) is 3.34. The van der Waals surface area contributed by atoms with Crippen molar-refractivity contribution < 1.29 is 4.79 Å². The summed E-state index contributed by atoms with van der Waals surface area (Å²) in [6.45, 7) is 4.14. The molecule has 1 N–H and O–H groups in total. The summed E-state index contributed by atoms with van der Waals surface area (Å²) in [4.78, 5) is 19.2. The Bertz CT molecular complexity index is 950. The number of aromatic nitrogens is 1. The first kappa shape index (κ1) is 16.3. The molecule has 0 fully saturated rings. The Hall–Kier alpha value is -3.14. The average Bonchev–Trinajstić information content (AvgIpc) is 2.95. The van der Waals surface area contributed by atoms with Crippen LogP contribution in [0.5, 0.6) is 0 Å². The van der Waals surface area contributed by atoms with Gasteiger partial charge in [0.25, 0.3) is 5.91 Å². The third-order valence-corrected chi connectivity index (χ3v) is 4.78. The number of fused-ring (bicyclic) bond motifs is 1. The molecule has 1 aromatic heterocycles. The number of pyridine rings is 1. The Morgan fingerprint density at radius 1 is 1.08 bits per heavy atom. The Balaban J connectivity index is 1.75. The maximum absolute atomic E-state index is 13.1. The molecule has 2 heterocycles. The number of aryl methyl sites for hydroxylation is 2. The average molecular weight is 343 g/mol. The van der Waals surface area contributed by atoms with Gasteiger partial charge in [0, 0.05) is 23.0 Å². The standard InChI is InChI=1S/C22H21N3O/c1-3-16-8-10-17(11-9-16)24-21-18-6-4-5-7-19(18)22(26)25(21)20-14-15(2)12-13-23-20/h4-14,21,24H,3H2,1-2H3. The smallest absolute Gasteiger partial charge is 0.261 e. The predicted molar refractivity (Wildman–Crippen MR) is 104 cm³/mol. The van der Waals surface area contributed by atoms with Crippen LogP contribution in [0.4, 0.5) is 11.5 Å². The van der Waals surface area contributed by atoms with Crippen molar-refractivity contribution in [3.63, 3.8) is 0 Å². The second kappa shape index (κ2) is 6.64. The number of carbonyl (C=O) groups is 1. The molecule has 4 nitrogen and oxygen atoms in total. The van der Waals surface area contributed by atoms with Crippen LogP contribution in [0.3, 0.4) is 0 Å². The molecular weight excluding hydrogens is 322 g/mol. The number of hydrogen-bond acceptors (Lipinski definition) is 3. The molecule has 1 aliphatic rings. The third-order valence-electron chi connectivity index (χ3n) is 4.78. The molecule has 0 aliphatic carbocycles. The maximum Gasteiger partial charge on any atom is 0.261 e. The molecule has 1 amide bonds. The monoisotopic (exact) mass is 343 g/mol. The summed E-state index contributed by atoms with van der Waals surface area (Å²) in [6.07, 6.45) is 2.47. The van der Waals surface area contributed by atoms with Crippen LogP contribution in [-0.2, 0) is 6.42 Å². The number of rotatable bonds is 4. The highest BCUT2D eigenvalue weighted by molar-refractivity contribution is 6.11. The van der Waals surface area contributed by atoms with E-state index in [0.29, 0.717) is 5.82 Å². The van der Waals surface area contributed by atoms with Crippen LogP contribution in [0.25, 0.3) is 0 Å². The Morgan fingerprint density at radius 2 is 1.85 bits per heavy atom. The first-order chi connectivity index (χ1) is 12.7. The molecule has 0 saturated carbocycles. The van der Waals surface area contributed by atoms with Crippen molar-refractivity contribution in [3.8, 4) is 0 Å². The topological polar surface area (TPSA) is 45.2 Å². The number of hydrogen-bond donors (Lipinski definition) is 1. The minimum absolute atomic E-state index is 0.0265. The first-order valence-corrected chi connectivity index (χ1v) is 8.88. The van der Waals surface area contributed by atoms with Crippen molar-refractivity contribution in [2.24, 2.45) is 0 Å². The van der Waals surface area contributed by atoms with Gasteiger partial charge in [-0.3, -0.25) is 9.69 Å². The fraction of sp³-hybridized carbons (Fsp3) is 0.182. The van der Waals surface area contributed by atoms with Gasteiger partial charge in [0.15, 0.2) is 0 Å². The number of nitrogens with zero attached hydrogens (tertiary/aromatic N) is 2. The third kappa shape index (κ3) is 2.84. The van der Waals surface area contributed by atoms with Crippen molar-refractivity contribution >= 4 is 17.4 Å². The van der Waals surface area contributed by atoms with Crippen molar-refractivity contribution in [1.29, 1.82) is 0 Å². The van der Waals surface area contributed by atoms with Gasteiger partial charge in [0.05, 0.1) is 0 Å². The zero-order chi connectivity index (χ0) is 18.1. The zero-order valence-electron chi connectivity index (χ0n) is 14.9. The lowest BCUT2D eigenvalue weighted by Gasteiger charge is -2.26. The van der Waals surface area contributed by atoms with Crippen LogP contribution in [0.2, 0.25) is 0 Å². The molecule has 0 bridgehead atoms. The minimum atomic E-state index is -0.277. The maximum atomic E-state index is 13.1. The van der Waals surface area contributed by atoms with E-state index in [1.165, 1.54) is 5.56 Å². The van der Waals surface area contributed by atoms with Gasteiger partial charge in [-0.2, -0.15) is 0 Å². The lowest BCUT2D eigenvalue weighted by Crippen LogP contribution is -2.33. The number of anilines is 2. The molecule has 2 aromatic carbocycles. The van der Waals surface area contributed by atoms with E-state index in [4.69, 9.17) is 0 Å². The highest BCUT2D eigenvalue weighted by atomic mass is 16.2. The van der Waals surface area contributed by atoms with E-state index in [1.807, 2.05) is 43.3 Å². The predicted octanol–water partition coefficient (Wildman–Crippen LogP) is 4.72. The number of carbonyl (C=O) groups excluding carboxylic acids is 1. The summed E-state index contributed by atoms with van der Waals surface area (Å²) < 4.78 is 0. The molecule has 0 radical (unpaired) electrons. The van der Waals surface area contributed by atoms with E-state index in [-0.39, 0.29) is 12.1 Å². The number of benzene rings is 2.